The average Bonchev–Trinajstić information content (AvgIpc) is 2.30. The lowest BCUT2D eigenvalue weighted by Crippen LogP contribution is -2.54. The molecular weight excluding hydrogens is 218 g/mol. The van der Waals surface area contributed by atoms with Crippen molar-refractivity contribution in [3.05, 3.63) is 29.8 Å². The molecule has 1 rings (SSSR count). The molecule has 1 aromatic rings. The van der Waals surface area contributed by atoms with E-state index < -0.39 is 0 Å². The number of ether oxygens (including phenoxy) is 2. The van der Waals surface area contributed by atoms with Crippen LogP contribution in [0.2, 0.25) is 0 Å². The third-order valence-electron chi connectivity index (χ3n) is 2.38. The van der Waals surface area contributed by atoms with Crippen molar-refractivity contribution < 1.29 is 20.0 Å². The summed E-state index contributed by atoms with van der Waals surface area (Å²) in [6, 6.07) is 7.57. The average molecular weight is 238 g/mol. The molecule has 0 aliphatic heterocycles. The van der Waals surface area contributed by atoms with E-state index in [1.165, 1.54) is 0 Å². The Morgan fingerprint density at radius 2 is 1.88 bits per heavy atom. The fraction of sp³-hybridized carbons (Fsp3) is 0.462. The van der Waals surface area contributed by atoms with E-state index >= 15 is 0 Å². The summed E-state index contributed by atoms with van der Waals surface area (Å²) in [5.41, 5.74) is 4.98. The lowest BCUT2D eigenvalue weighted by molar-refractivity contribution is -0.425. The Balaban J connectivity index is 2.56. The monoisotopic (exact) mass is 238 g/mol. The quantitative estimate of drug-likeness (QED) is 0.760. The third kappa shape index (κ3) is 4.44. The van der Waals surface area contributed by atoms with Crippen molar-refractivity contribution in [1.82, 2.24) is 0 Å². The smallest absolute Gasteiger partial charge is 0.312 e. The molecule has 1 atom stereocenters. The highest BCUT2D eigenvalue weighted by Crippen LogP contribution is 2.17. The molecular formula is C13H20NO3+. The van der Waals surface area contributed by atoms with Gasteiger partial charge in [-0.25, -0.2) is 0 Å². The van der Waals surface area contributed by atoms with E-state index in [-0.39, 0.29) is 12.0 Å². The maximum Gasteiger partial charge on any atom is 0.312 e. The third-order valence-corrected chi connectivity index (χ3v) is 2.38. The largest absolute Gasteiger partial charge is 0.494 e. The summed E-state index contributed by atoms with van der Waals surface area (Å²) in [7, 11) is 0. The van der Waals surface area contributed by atoms with E-state index in [9.17, 15) is 4.79 Å². The first-order valence-corrected chi connectivity index (χ1v) is 5.88. The van der Waals surface area contributed by atoms with Crippen molar-refractivity contribution in [1.29, 1.82) is 0 Å². The van der Waals surface area contributed by atoms with Crippen molar-refractivity contribution in [3.63, 3.8) is 0 Å². The van der Waals surface area contributed by atoms with Gasteiger partial charge in [-0.05, 0) is 38.1 Å². The molecule has 4 heteroatoms. The van der Waals surface area contributed by atoms with Crippen LogP contribution in [0.3, 0.4) is 0 Å². The molecule has 3 N–H and O–H groups in total. The molecule has 0 heterocycles. The van der Waals surface area contributed by atoms with E-state index in [2.05, 4.69) is 5.73 Å². The molecule has 0 bridgehead atoms. The molecule has 0 aliphatic carbocycles. The number of carbonyl (C=O) groups is 1. The second kappa shape index (κ2) is 6.91. The van der Waals surface area contributed by atoms with Gasteiger partial charge in [-0.15, -0.1) is 0 Å². The molecule has 0 radical (unpaired) electrons. The molecule has 0 saturated heterocycles. The van der Waals surface area contributed by atoms with Crippen LogP contribution in [0.4, 0.5) is 0 Å². The SMILES string of the molecule is CCOC(=O)C[C@H]([NH3+])c1ccc(OCC)cc1. The van der Waals surface area contributed by atoms with Gasteiger partial charge in [0.25, 0.3) is 0 Å². The minimum atomic E-state index is -0.207. The number of hydrogen-bond donors (Lipinski definition) is 1. The fourth-order valence-corrected chi connectivity index (χ4v) is 1.54. The van der Waals surface area contributed by atoms with Crippen LogP contribution < -0.4 is 10.5 Å². The molecule has 0 aliphatic rings. The summed E-state index contributed by atoms with van der Waals surface area (Å²) in [5.74, 6) is 0.626. The van der Waals surface area contributed by atoms with Crippen LogP contribution in [0.5, 0.6) is 5.75 Å². The van der Waals surface area contributed by atoms with Crippen LogP contribution in [0.25, 0.3) is 0 Å². The minimum Gasteiger partial charge on any atom is -0.494 e. The number of quaternary nitrogens is 1. The standard InChI is InChI=1S/C13H19NO3/c1-3-16-11-7-5-10(6-8-11)12(14)9-13(15)17-4-2/h5-8,12H,3-4,9,14H2,1-2H3/p+1/t12-/m0/s1. The van der Waals surface area contributed by atoms with E-state index in [0.29, 0.717) is 19.6 Å². The lowest BCUT2D eigenvalue weighted by atomic mass is 10.0. The van der Waals surface area contributed by atoms with Gasteiger partial charge in [0, 0.05) is 5.56 Å². The summed E-state index contributed by atoms with van der Waals surface area (Å²) in [5, 5.41) is 0. The number of esters is 1. The van der Waals surface area contributed by atoms with E-state index in [1.807, 2.05) is 31.2 Å². The second-order valence-electron chi connectivity index (χ2n) is 3.71. The van der Waals surface area contributed by atoms with E-state index in [0.717, 1.165) is 11.3 Å². The molecule has 0 spiro atoms. The predicted octanol–water partition coefficient (Wildman–Crippen LogP) is 1.32. The fourth-order valence-electron chi connectivity index (χ4n) is 1.54. The van der Waals surface area contributed by atoms with Gasteiger partial charge in [-0.2, -0.15) is 0 Å². The van der Waals surface area contributed by atoms with Gasteiger partial charge in [0.1, 0.15) is 18.2 Å². The van der Waals surface area contributed by atoms with Gasteiger partial charge < -0.3 is 15.2 Å². The van der Waals surface area contributed by atoms with Crippen LogP contribution in [-0.2, 0) is 9.53 Å². The maximum absolute atomic E-state index is 11.3. The first-order valence-electron chi connectivity index (χ1n) is 5.88. The van der Waals surface area contributed by atoms with Crippen molar-refractivity contribution in [2.75, 3.05) is 13.2 Å². The van der Waals surface area contributed by atoms with Crippen LogP contribution in [0, 0.1) is 0 Å². The molecule has 0 aromatic heterocycles. The molecule has 0 amide bonds. The lowest BCUT2D eigenvalue weighted by Gasteiger charge is -2.09. The van der Waals surface area contributed by atoms with E-state index in [1.54, 1.807) is 6.92 Å². The summed E-state index contributed by atoms with van der Waals surface area (Å²) >= 11 is 0. The van der Waals surface area contributed by atoms with Crippen LogP contribution in [0.15, 0.2) is 24.3 Å². The van der Waals surface area contributed by atoms with Gasteiger partial charge in [0.2, 0.25) is 0 Å². The predicted molar refractivity (Wildman–Crippen MR) is 64.5 cm³/mol. The Labute approximate surface area is 102 Å². The normalized spacial score (nSPS) is 11.9. The molecule has 0 saturated carbocycles. The Morgan fingerprint density at radius 1 is 1.24 bits per heavy atom. The Kier molecular flexibility index (Phi) is 5.49. The molecule has 1 aromatic carbocycles. The highest BCUT2D eigenvalue weighted by Gasteiger charge is 2.15. The highest BCUT2D eigenvalue weighted by atomic mass is 16.5. The van der Waals surface area contributed by atoms with Gasteiger partial charge in [-0.1, -0.05) is 0 Å². The van der Waals surface area contributed by atoms with Crippen LogP contribution in [0.1, 0.15) is 31.9 Å². The van der Waals surface area contributed by atoms with Crippen molar-refractivity contribution in [3.8, 4) is 5.75 Å². The maximum atomic E-state index is 11.3. The minimum absolute atomic E-state index is 0.0790. The molecule has 0 unspecified atom stereocenters. The highest BCUT2D eigenvalue weighted by molar-refractivity contribution is 5.70. The van der Waals surface area contributed by atoms with Gasteiger partial charge in [-0.3, -0.25) is 4.79 Å². The molecule has 94 valence electrons. The van der Waals surface area contributed by atoms with Gasteiger partial charge >= 0.3 is 5.97 Å². The Morgan fingerprint density at radius 3 is 2.41 bits per heavy atom. The van der Waals surface area contributed by atoms with Crippen LogP contribution >= 0.6 is 0 Å². The van der Waals surface area contributed by atoms with Gasteiger partial charge in [0.05, 0.1) is 13.2 Å². The first-order chi connectivity index (χ1) is 8.17. The zero-order valence-electron chi connectivity index (χ0n) is 10.4. The molecule has 4 nitrogen and oxygen atoms in total. The number of hydrogen-bond acceptors (Lipinski definition) is 3. The zero-order chi connectivity index (χ0) is 12.7. The summed E-state index contributed by atoms with van der Waals surface area (Å²) in [4.78, 5) is 11.3. The summed E-state index contributed by atoms with van der Waals surface area (Å²) in [6.07, 6.45) is 0.307. The molecule has 0 fully saturated rings. The second-order valence-corrected chi connectivity index (χ2v) is 3.71. The number of rotatable bonds is 6. The summed E-state index contributed by atoms with van der Waals surface area (Å²) < 4.78 is 10.2. The van der Waals surface area contributed by atoms with E-state index in [4.69, 9.17) is 9.47 Å². The Hall–Kier alpha value is -1.55. The first kappa shape index (κ1) is 13.5. The molecule has 17 heavy (non-hydrogen) atoms. The van der Waals surface area contributed by atoms with Crippen molar-refractivity contribution >= 4 is 5.97 Å². The van der Waals surface area contributed by atoms with Gasteiger partial charge in [0.15, 0.2) is 0 Å². The topological polar surface area (TPSA) is 63.2 Å². The van der Waals surface area contributed by atoms with Crippen molar-refractivity contribution in [2.24, 2.45) is 0 Å². The summed E-state index contributed by atoms with van der Waals surface area (Å²) in [6.45, 7) is 4.80. The Bertz CT molecular complexity index is 348. The van der Waals surface area contributed by atoms with Crippen molar-refractivity contribution in [2.45, 2.75) is 26.3 Å². The number of carbonyl (C=O) groups excluding carboxylic acids is 1. The zero-order valence-corrected chi connectivity index (χ0v) is 10.4. The number of benzene rings is 1. The van der Waals surface area contributed by atoms with Crippen LogP contribution in [-0.4, -0.2) is 19.2 Å².